The Hall–Kier alpha value is -1.92. The van der Waals surface area contributed by atoms with Crippen LogP contribution in [-0.2, 0) is 13.6 Å². The van der Waals surface area contributed by atoms with Crippen molar-refractivity contribution in [3.05, 3.63) is 47.0 Å². The van der Waals surface area contributed by atoms with Gasteiger partial charge in [-0.1, -0.05) is 11.6 Å². The molecule has 0 saturated carbocycles. The second-order valence-electron chi connectivity index (χ2n) is 5.88. The molecule has 9 heteroatoms. The molecule has 0 spiro atoms. The molecule has 0 fully saturated rings. The summed E-state index contributed by atoms with van der Waals surface area (Å²) in [5.74, 6) is 0.541. The summed E-state index contributed by atoms with van der Waals surface area (Å²) in [4.78, 5) is 0. The summed E-state index contributed by atoms with van der Waals surface area (Å²) in [6, 6.07) is 10.4. The van der Waals surface area contributed by atoms with Crippen LogP contribution in [0.3, 0.4) is 0 Å². The third kappa shape index (κ3) is 5.58. The first-order chi connectivity index (χ1) is 13.9. The third-order valence-corrected chi connectivity index (χ3v) is 6.64. The molecular weight excluding hydrogens is 417 g/mol. The lowest BCUT2D eigenvalue weighted by molar-refractivity contribution is 0.213. The molecule has 1 atom stereocenters. The van der Waals surface area contributed by atoms with Crippen molar-refractivity contribution >= 4 is 24.9 Å². The van der Waals surface area contributed by atoms with Gasteiger partial charge in [0.15, 0.2) is 17.3 Å². The molecule has 0 aromatic heterocycles. The lowest BCUT2D eigenvalue weighted by atomic mass is 10.1. The molecule has 0 radical (unpaired) electrons. The highest BCUT2D eigenvalue weighted by molar-refractivity contribution is 7.54. The fraction of sp³-hybridized carbons (Fsp3) is 0.400. The van der Waals surface area contributed by atoms with E-state index in [1.807, 2.05) is 0 Å². The summed E-state index contributed by atoms with van der Waals surface area (Å²) in [5.41, 5.74) is 1.24. The summed E-state index contributed by atoms with van der Waals surface area (Å²) in [7, 11) is 0.943. The molecule has 0 amide bonds. The number of nitrogens with one attached hydrogen (secondary N) is 1. The van der Waals surface area contributed by atoms with Gasteiger partial charge in [-0.25, -0.2) is 0 Å². The summed E-state index contributed by atoms with van der Waals surface area (Å²) >= 11 is 5.99. The van der Waals surface area contributed by atoms with Crippen molar-refractivity contribution in [1.29, 1.82) is 0 Å². The van der Waals surface area contributed by atoms with Crippen LogP contribution >= 0.6 is 19.2 Å². The van der Waals surface area contributed by atoms with Gasteiger partial charge in [-0.05, 0) is 44.2 Å². The molecule has 7 nitrogen and oxygen atoms in total. The number of benzene rings is 2. The fourth-order valence-electron chi connectivity index (χ4n) is 2.84. The average molecular weight is 444 g/mol. The SMILES string of the molecule is CCOP(=O)(OCC)C(Nc1ccc(Cl)cc1)c1cc(OC)c(OC)cc1OC. The highest BCUT2D eigenvalue weighted by Gasteiger charge is 2.39. The van der Waals surface area contributed by atoms with Crippen LogP contribution in [0.15, 0.2) is 36.4 Å². The van der Waals surface area contributed by atoms with Crippen LogP contribution in [0.25, 0.3) is 0 Å². The number of anilines is 1. The van der Waals surface area contributed by atoms with E-state index in [1.165, 1.54) is 21.3 Å². The van der Waals surface area contributed by atoms with Gasteiger partial charge in [0.1, 0.15) is 5.75 Å². The Bertz CT molecular complexity index is 836. The maximum Gasteiger partial charge on any atom is 0.357 e. The van der Waals surface area contributed by atoms with Gasteiger partial charge >= 0.3 is 7.60 Å². The summed E-state index contributed by atoms with van der Waals surface area (Å²) in [5, 5.41) is 3.84. The second-order valence-corrected chi connectivity index (χ2v) is 8.43. The lowest BCUT2D eigenvalue weighted by Gasteiger charge is -2.29. The number of halogens is 1. The maximum absolute atomic E-state index is 13.7. The number of ether oxygens (including phenoxy) is 3. The Morgan fingerprint density at radius 1 is 0.897 bits per heavy atom. The van der Waals surface area contributed by atoms with E-state index in [9.17, 15) is 4.57 Å². The zero-order valence-electron chi connectivity index (χ0n) is 17.2. The van der Waals surface area contributed by atoms with E-state index in [1.54, 1.807) is 50.2 Å². The van der Waals surface area contributed by atoms with E-state index in [0.717, 1.165) is 0 Å². The van der Waals surface area contributed by atoms with Gasteiger partial charge in [-0.15, -0.1) is 0 Å². The molecule has 2 aromatic rings. The zero-order chi connectivity index (χ0) is 21.4. The molecule has 1 unspecified atom stereocenters. The van der Waals surface area contributed by atoms with Crippen molar-refractivity contribution in [2.75, 3.05) is 39.9 Å². The molecule has 0 aliphatic rings. The molecule has 0 bridgehead atoms. The van der Waals surface area contributed by atoms with Crippen molar-refractivity contribution in [3.63, 3.8) is 0 Å². The number of hydrogen-bond donors (Lipinski definition) is 1. The topological polar surface area (TPSA) is 75.3 Å². The van der Waals surface area contributed by atoms with E-state index in [-0.39, 0.29) is 13.2 Å². The van der Waals surface area contributed by atoms with Crippen LogP contribution in [0.1, 0.15) is 25.2 Å². The van der Waals surface area contributed by atoms with Crippen molar-refractivity contribution in [3.8, 4) is 17.2 Å². The summed E-state index contributed by atoms with van der Waals surface area (Å²) in [6.07, 6.45) is 0. The zero-order valence-corrected chi connectivity index (χ0v) is 18.9. The molecule has 29 heavy (non-hydrogen) atoms. The molecule has 1 N–H and O–H groups in total. The average Bonchev–Trinajstić information content (AvgIpc) is 2.72. The normalized spacial score (nSPS) is 12.3. The third-order valence-electron chi connectivity index (χ3n) is 4.11. The first-order valence-corrected chi connectivity index (χ1v) is 11.1. The van der Waals surface area contributed by atoms with Gasteiger partial charge in [0, 0.05) is 22.3 Å². The van der Waals surface area contributed by atoms with E-state index in [0.29, 0.717) is 33.5 Å². The number of rotatable bonds is 11. The van der Waals surface area contributed by atoms with Gasteiger partial charge in [-0.2, -0.15) is 0 Å². The van der Waals surface area contributed by atoms with Gasteiger partial charge in [0.2, 0.25) is 0 Å². The lowest BCUT2D eigenvalue weighted by Crippen LogP contribution is -2.16. The largest absolute Gasteiger partial charge is 0.496 e. The monoisotopic (exact) mass is 443 g/mol. The Kier molecular flexibility index (Phi) is 8.65. The first kappa shape index (κ1) is 23.4. The predicted octanol–water partition coefficient (Wildman–Crippen LogP) is 5.74. The Labute approximate surface area is 176 Å². The van der Waals surface area contributed by atoms with Crippen LogP contribution in [0.4, 0.5) is 5.69 Å². The van der Waals surface area contributed by atoms with Crippen molar-refractivity contribution in [2.45, 2.75) is 19.6 Å². The van der Waals surface area contributed by atoms with Gasteiger partial charge < -0.3 is 28.6 Å². The van der Waals surface area contributed by atoms with Crippen LogP contribution in [0.5, 0.6) is 17.2 Å². The van der Waals surface area contributed by atoms with Crippen LogP contribution in [0, 0.1) is 0 Å². The minimum Gasteiger partial charge on any atom is -0.496 e. The Morgan fingerprint density at radius 2 is 1.41 bits per heavy atom. The summed E-state index contributed by atoms with van der Waals surface area (Å²) < 4.78 is 41.3. The highest BCUT2D eigenvalue weighted by Crippen LogP contribution is 2.62. The molecule has 0 saturated heterocycles. The minimum atomic E-state index is -3.64. The smallest absolute Gasteiger partial charge is 0.357 e. The van der Waals surface area contributed by atoms with Crippen LogP contribution in [-0.4, -0.2) is 34.5 Å². The first-order valence-electron chi connectivity index (χ1n) is 9.13. The molecule has 160 valence electrons. The maximum atomic E-state index is 13.7. The van der Waals surface area contributed by atoms with Crippen molar-refractivity contribution in [2.24, 2.45) is 0 Å². The minimum absolute atomic E-state index is 0.214. The van der Waals surface area contributed by atoms with E-state index >= 15 is 0 Å². The van der Waals surface area contributed by atoms with E-state index in [4.69, 9.17) is 34.9 Å². The highest BCUT2D eigenvalue weighted by atomic mass is 35.5. The molecule has 2 rings (SSSR count). The van der Waals surface area contributed by atoms with Crippen molar-refractivity contribution < 1.29 is 27.8 Å². The molecule has 0 heterocycles. The molecule has 2 aromatic carbocycles. The van der Waals surface area contributed by atoms with Gasteiger partial charge in [-0.3, -0.25) is 4.57 Å². The van der Waals surface area contributed by atoms with E-state index < -0.39 is 13.4 Å². The Morgan fingerprint density at radius 3 is 1.90 bits per heavy atom. The van der Waals surface area contributed by atoms with Crippen LogP contribution < -0.4 is 19.5 Å². The van der Waals surface area contributed by atoms with Crippen LogP contribution in [0.2, 0.25) is 5.02 Å². The quantitative estimate of drug-likeness (QED) is 0.443. The molecule has 0 aliphatic carbocycles. The molecule has 0 aliphatic heterocycles. The summed E-state index contributed by atoms with van der Waals surface area (Å²) in [6.45, 7) is 3.95. The van der Waals surface area contributed by atoms with Crippen molar-refractivity contribution in [1.82, 2.24) is 0 Å². The fourth-order valence-corrected chi connectivity index (χ4v) is 4.91. The molecular formula is C20H27ClNO6P. The number of hydrogen-bond acceptors (Lipinski definition) is 7. The van der Waals surface area contributed by atoms with E-state index in [2.05, 4.69) is 5.32 Å². The van der Waals surface area contributed by atoms with Gasteiger partial charge in [0.05, 0.1) is 34.5 Å². The number of methoxy groups -OCH3 is 3. The predicted molar refractivity (Wildman–Crippen MR) is 115 cm³/mol. The van der Waals surface area contributed by atoms with Gasteiger partial charge in [0.25, 0.3) is 0 Å². The standard InChI is InChI=1S/C20H27ClNO6P/c1-6-27-29(23,28-7-2)20(22-15-10-8-14(21)9-11-15)16-12-18(25-4)19(26-5)13-17(16)24-3/h8-13,20,22H,6-7H2,1-5H3. The second kappa shape index (κ2) is 10.7. The Balaban J connectivity index is 2.65.